The Balaban J connectivity index is 1.63. The van der Waals surface area contributed by atoms with Crippen LogP contribution in [0.3, 0.4) is 0 Å². The molecule has 2 amide bonds. The van der Waals surface area contributed by atoms with E-state index in [4.69, 9.17) is 10.5 Å². The highest BCUT2D eigenvalue weighted by Crippen LogP contribution is 2.25. The summed E-state index contributed by atoms with van der Waals surface area (Å²) in [5.74, 6) is 1.39. The van der Waals surface area contributed by atoms with Gasteiger partial charge in [0.2, 0.25) is 0 Å². The van der Waals surface area contributed by atoms with Crippen LogP contribution in [0.15, 0.2) is 0 Å². The number of ether oxygens (including phenoxy) is 1. The molecular formula is C17H26N6O2. The van der Waals surface area contributed by atoms with E-state index in [0.29, 0.717) is 38.7 Å². The van der Waals surface area contributed by atoms with Crippen LogP contribution in [0.4, 0.5) is 10.6 Å². The first-order valence-electron chi connectivity index (χ1n) is 8.69. The van der Waals surface area contributed by atoms with Gasteiger partial charge in [-0.05, 0) is 32.8 Å². The van der Waals surface area contributed by atoms with Crippen molar-refractivity contribution >= 4 is 22.9 Å². The molecule has 0 aromatic carbocycles. The number of nitrogen functional groups attached to an aromatic ring is 1. The number of carbonyl (C=O) groups is 1. The fraction of sp³-hybridized carbons (Fsp3) is 0.588. The summed E-state index contributed by atoms with van der Waals surface area (Å²) in [5.41, 5.74) is 9.85. The lowest BCUT2D eigenvalue weighted by Crippen LogP contribution is -2.46. The summed E-state index contributed by atoms with van der Waals surface area (Å²) < 4.78 is 7.43. The maximum Gasteiger partial charge on any atom is 0.317 e. The van der Waals surface area contributed by atoms with Gasteiger partial charge in [0.1, 0.15) is 11.3 Å². The van der Waals surface area contributed by atoms with Crippen LogP contribution in [-0.4, -0.2) is 58.3 Å². The third-order valence-electron chi connectivity index (χ3n) is 4.72. The van der Waals surface area contributed by atoms with Crippen molar-refractivity contribution in [2.24, 2.45) is 0 Å². The maximum atomic E-state index is 12.1. The van der Waals surface area contributed by atoms with Gasteiger partial charge in [0.05, 0.1) is 18.7 Å². The lowest BCUT2D eigenvalue weighted by molar-refractivity contribution is 0.0532. The van der Waals surface area contributed by atoms with Gasteiger partial charge < -0.3 is 25.3 Å². The molecule has 136 valence electrons. The Kier molecular flexibility index (Phi) is 5.08. The van der Waals surface area contributed by atoms with Gasteiger partial charge in [0.15, 0.2) is 5.82 Å². The quantitative estimate of drug-likeness (QED) is 0.815. The van der Waals surface area contributed by atoms with Crippen molar-refractivity contribution in [2.75, 3.05) is 38.6 Å². The lowest BCUT2D eigenvalue weighted by Gasteiger charge is -2.26. The Morgan fingerprint density at radius 1 is 1.24 bits per heavy atom. The molecule has 2 aromatic rings. The first-order valence-corrected chi connectivity index (χ1v) is 8.69. The number of amides is 2. The number of rotatable bonds is 4. The van der Waals surface area contributed by atoms with Crippen LogP contribution in [-0.2, 0) is 11.3 Å². The molecule has 3 heterocycles. The molecule has 3 N–H and O–H groups in total. The summed E-state index contributed by atoms with van der Waals surface area (Å²) in [4.78, 5) is 22.8. The largest absolute Gasteiger partial charge is 0.382 e. The van der Waals surface area contributed by atoms with E-state index in [1.807, 2.05) is 20.8 Å². The first kappa shape index (κ1) is 17.5. The molecule has 0 aliphatic carbocycles. The second-order valence-corrected chi connectivity index (χ2v) is 6.40. The molecule has 0 unspecified atom stereocenters. The smallest absolute Gasteiger partial charge is 0.317 e. The van der Waals surface area contributed by atoms with E-state index in [2.05, 4.69) is 19.9 Å². The van der Waals surface area contributed by atoms with Crippen molar-refractivity contribution < 1.29 is 9.53 Å². The van der Waals surface area contributed by atoms with Crippen molar-refractivity contribution in [3.05, 3.63) is 17.1 Å². The Labute approximate surface area is 147 Å². The molecular weight excluding hydrogens is 320 g/mol. The van der Waals surface area contributed by atoms with E-state index in [1.54, 1.807) is 4.90 Å². The summed E-state index contributed by atoms with van der Waals surface area (Å²) in [7, 11) is 0. The molecule has 3 rings (SSSR count). The molecule has 25 heavy (non-hydrogen) atoms. The zero-order valence-corrected chi connectivity index (χ0v) is 15.1. The Morgan fingerprint density at radius 2 is 1.96 bits per heavy atom. The first-order chi connectivity index (χ1) is 12.0. The summed E-state index contributed by atoms with van der Waals surface area (Å²) in [6.07, 6.45) is 0.823. The predicted octanol–water partition coefficient (Wildman–Crippen LogP) is 1.37. The highest BCUT2D eigenvalue weighted by Gasteiger charge is 2.17. The highest BCUT2D eigenvalue weighted by molar-refractivity contribution is 5.88. The fourth-order valence-corrected chi connectivity index (χ4v) is 3.20. The average Bonchev–Trinajstić information content (AvgIpc) is 2.94. The number of nitrogens with two attached hydrogens (primary N) is 1. The average molecular weight is 346 g/mol. The summed E-state index contributed by atoms with van der Waals surface area (Å²) in [6, 6.07) is -0.0176. The zero-order valence-electron chi connectivity index (χ0n) is 15.1. The Morgan fingerprint density at radius 3 is 2.68 bits per heavy atom. The van der Waals surface area contributed by atoms with Gasteiger partial charge >= 0.3 is 6.03 Å². The minimum absolute atomic E-state index is 0.0176. The molecule has 0 atom stereocenters. The number of hydrogen-bond donors (Lipinski definition) is 2. The molecule has 1 saturated heterocycles. The molecule has 1 aliphatic rings. The van der Waals surface area contributed by atoms with Crippen molar-refractivity contribution in [3.63, 3.8) is 0 Å². The molecule has 0 saturated carbocycles. The maximum absolute atomic E-state index is 12.1. The van der Waals surface area contributed by atoms with E-state index >= 15 is 0 Å². The van der Waals surface area contributed by atoms with Crippen LogP contribution >= 0.6 is 0 Å². The van der Waals surface area contributed by atoms with E-state index in [1.165, 1.54) is 0 Å². The van der Waals surface area contributed by atoms with Gasteiger partial charge in [-0.1, -0.05) is 0 Å². The number of anilines is 1. The van der Waals surface area contributed by atoms with E-state index in [9.17, 15) is 4.79 Å². The molecule has 8 heteroatoms. The number of nitrogens with one attached hydrogen (secondary N) is 1. The van der Waals surface area contributed by atoms with Crippen molar-refractivity contribution in [1.82, 2.24) is 24.8 Å². The molecule has 2 aromatic heterocycles. The van der Waals surface area contributed by atoms with Crippen molar-refractivity contribution in [3.8, 4) is 0 Å². The number of nitrogens with zero attached hydrogens (tertiary/aromatic N) is 4. The van der Waals surface area contributed by atoms with Gasteiger partial charge in [0, 0.05) is 31.9 Å². The molecule has 0 radical (unpaired) electrons. The number of imidazole rings is 1. The Bertz CT molecular complexity index is 779. The standard InChI is InChI=1S/C17H26N6O2/c1-11-12(2)20-16(18)14-15(11)23(13(3)21-14)6-4-5-19-17(24)22-7-9-25-10-8-22/h4-10H2,1-3H3,(H2,18,20)(H,19,24). The van der Waals surface area contributed by atoms with E-state index in [0.717, 1.165) is 41.1 Å². The SMILES string of the molecule is Cc1nc(N)c2nc(C)n(CCCNC(=O)N3CCOCC3)c2c1C. The van der Waals surface area contributed by atoms with Crippen molar-refractivity contribution in [2.45, 2.75) is 33.7 Å². The van der Waals surface area contributed by atoms with Crippen LogP contribution < -0.4 is 11.1 Å². The fourth-order valence-electron chi connectivity index (χ4n) is 3.20. The van der Waals surface area contributed by atoms with E-state index in [-0.39, 0.29) is 6.03 Å². The van der Waals surface area contributed by atoms with Gasteiger partial charge in [-0.2, -0.15) is 0 Å². The number of hydrogen-bond acceptors (Lipinski definition) is 5. The number of urea groups is 1. The monoisotopic (exact) mass is 346 g/mol. The number of fused-ring (bicyclic) bond motifs is 1. The lowest BCUT2D eigenvalue weighted by atomic mass is 10.2. The summed E-state index contributed by atoms with van der Waals surface area (Å²) >= 11 is 0. The van der Waals surface area contributed by atoms with Crippen LogP contribution in [0.1, 0.15) is 23.5 Å². The van der Waals surface area contributed by atoms with Crippen LogP contribution in [0.5, 0.6) is 0 Å². The second kappa shape index (κ2) is 7.26. The molecule has 0 bridgehead atoms. The topological polar surface area (TPSA) is 98.3 Å². The van der Waals surface area contributed by atoms with Gasteiger partial charge in [-0.25, -0.2) is 14.8 Å². The highest BCUT2D eigenvalue weighted by atomic mass is 16.5. The van der Waals surface area contributed by atoms with Gasteiger partial charge in [-0.15, -0.1) is 0 Å². The van der Waals surface area contributed by atoms with Crippen LogP contribution in [0.25, 0.3) is 11.0 Å². The predicted molar refractivity (Wildman–Crippen MR) is 96.6 cm³/mol. The number of aryl methyl sites for hydroxylation is 4. The Hall–Kier alpha value is -2.35. The van der Waals surface area contributed by atoms with Crippen LogP contribution in [0, 0.1) is 20.8 Å². The normalized spacial score (nSPS) is 14.9. The number of aromatic nitrogens is 3. The van der Waals surface area contributed by atoms with Crippen LogP contribution in [0.2, 0.25) is 0 Å². The van der Waals surface area contributed by atoms with Crippen molar-refractivity contribution in [1.29, 1.82) is 0 Å². The molecule has 8 nitrogen and oxygen atoms in total. The second-order valence-electron chi connectivity index (χ2n) is 6.40. The number of carbonyl (C=O) groups excluding carboxylic acids is 1. The molecule has 1 aliphatic heterocycles. The third-order valence-corrected chi connectivity index (χ3v) is 4.72. The summed E-state index contributed by atoms with van der Waals surface area (Å²) in [5, 5.41) is 2.98. The summed E-state index contributed by atoms with van der Waals surface area (Å²) in [6.45, 7) is 9.90. The number of morpholine rings is 1. The molecule has 0 spiro atoms. The minimum Gasteiger partial charge on any atom is -0.382 e. The number of pyridine rings is 1. The zero-order chi connectivity index (χ0) is 18.0. The third kappa shape index (κ3) is 3.53. The minimum atomic E-state index is -0.0176. The van der Waals surface area contributed by atoms with Gasteiger partial charge in [0.25, 0.3) is 0 Å². The molecule has 1 fully saturated rings. The van der Waals surface area contributed by atoms with Gasteiger partial charge in [-0.3, -0.25) is 0 Å². The van der Waals surface area contributed by atoms with E-state index < -0.39 is 0 Å².